The first-order valence-electron chi connectivity index (χ1n) is 11.9. The smallest absolute Gasteiger partial charge is 0.251 e. The van der Waals surface area contributed by atoms with Gasteiger partial charge in [-0.1, -0.05) is 12.1 Å². The number of benzene rings is 2. The van der Waals surface area contributed by atoms with E-state index in [2.05, 4.69) is 16.4 Å². The van der Waals surface area contributed by atoms with Gasteiger partial charge in [0.05, 0.1) is 0 Å². The first-order valence-corrected chi connectivity index (χ1v) is 11.9. The monoisotopic (exact) mass is 474 g/mol. The first kappa shape index (κ1) is 23.2. The van der Waals surface area contributed by atoms with Crippen LogP contribution < -0.4 is 19.5 Å². The number of aryl methyl sites for hydroxylation is 2. The van der Waals surface area contributed by atoms with E-state index in [1.165, 1.54) is 0 Å². The molecule has 0 atom stereocenters. The number of hydrogen-bond acceptors (Lipinski definition) is 6. The fourth-order valence-electron chi connectivity index (χ4n) is 4.86. The van der Waals surface area contributed by atoms with Crippen molar-refractivity contribution in [2.75, 3.05) is 26.6 Å². The predicted octanol–water partition coefficient (Wildman–Crippen LogP) is 4.48. The third-order valence-electron chi connectivity index (χ3n) is 6.85. The van der Waals surface area contributed by atoms with Gasteiger partial charge in [0.2, 0.25) is 6.79 Å². The van der Waals surface area contributed by atoms with Crippen LogP contribution in [0.1, 0.15) is 45.5 Å². The zero-order valence-electron chi connectivity index (χ0n) is 20.1. The molecule has 1 N–H and O–H groups in total. The molecule has 0 aliphatic carbocycles. The standard InChI is InChI=1S/C28H30N2O5/c1-19-12-22(13-20(2)26(19)33-16-21-4-3-9-29-15-21)27(31)30-17-28(7-10-32-11-8-28)23-5-6-24-25(14-23)35-18-34-24/h3-6,9,12-15H,7-8,10-11,16-18H2,1-2H3,(H,30,31). The molecule has 0 bridgehead atoms. The molecule has 0 radical (unpaired) electrons. The lowest BCUT2D eigenvalue weighted by molar-refractivity contribution is 0.0486. The van der Waals surface area contributed by atoms with Crippen molar-refractivity contribution < 1.29 is 23.7 Å². The lowest BCUT2D eigenvalue weighted by atomic mass is 9.74. The molecule has 1 aromatic heterocycles. The van der Waals surface area contributed by atoms with Crippen LogP contribution in [0.4, 0.5) is 0 Å². The van der Waals surface area contributed by atoms with Gasteiger partial charge in [-0.3, -0.25) is 9.78 Å². The van der Waals surface area contributed by atoms with E-state index in [4.69, 9.17) is 18.9 Å². The number of aromatic nitrogens is 1. The summed E-state index contributed by atoms with van der Waals surface area (Å²) in [5.74, 6) is 2.22. The van der Waals surface area contributed by atoms with Crippen LogP contribution in [-0.4, -0.2) is 37.4 Å². The van der Waals surface area contributed by atoms with Gasteiger partial charge in [-0.05, 0) is 73.7 Å². The molecule has 182 valence electrons. The van der Waals surface area contributed by atoms with Gasteiger partial charge in [0.1, 0.15) is 12.4 Å². The maximum Gasteiger partial charge on any atom is 0.251 e. The molecule has 1 fully saturated rings. The Balaban J connectivity index is 1.30. The SMILES string of the molecule is Cc1cc(C(=O)NCC2(c3ccc4c(c3)OCO4)CCOCC2)cc(C)c1OCc1cccnc1. The molecule has 0 saturated carbocycles. The number of carbonyl (C=O) groups is 1. The Bertz CT molecular complexity index is 1180. The minimum Gasteiger partial charge on any atom is -0.488 e. The van der Waals surface area contributed by atoms with E-state index in [9.17, 15) is 4.79 Å². The van der Waals surface area contributed by atoms with Gasteiger partial charge in [0.25, 0.3) is 5.91 Å². The summed E-state index contributed by atoms with van der Waals surface area (Å²) in [6.07, 6.45) is 5.18. The summed E-state index contributed by atoms with van der Waals surface area (Å²) in [6, 6.07) is 13.7. The van der Waals surface area contributed by atoms with Gasteiger partial charge in [-0.15, -0.1) is 0 Å². The molecule has 2 aromatic carbocycles. The molecule has 1 saturated heterocycles. The van der Waals surface area contributed by atoms with Crippen molar-refractivity contribution in [2.45, 2.75) is 38.7 Å². The Morgan fingerprint density at radius 3 is 2.57 bits per heavy atom. The topological polar surface area (TPSA) is 78.9 Å². The van der Waals surface area contributed by atoms with E-state index in [0.717, 1.165) is 52.3 Å². The Morgan fingerprint density at radius 2 is 1.83 bits per heavy atom. The second-order valence-electron chi connectivity index (χ2n) is 9.23. The average Bonchev–Trinajstić information content (AvgIpc) is 3.36. The van der Waals surface area contributed by atoms with Gasteiger partial charge in [0.15, 0.2) is 11.5 Å². The summed E-state index contributed by atoms with van der Waals surface area (Å²) in [5, 5.41) is 3.19. The van der Waals surface area contributed by atoms with E-state index in [0.29, 0.717) is 31.9 Å². The second-order valence-corrected chi connectivity index (χ2v) is 9.23. The average molecular weight is 475 g/mol. The molecule has 2 aliphatic rings. The van der Waals surface area contributed by atoms with Crippen LogP contribution in [-0.2, 0) is 16.8 Å². The zero-order chi connectivity index (χ0) is 24.3. The highest BCUT2D eigenvalue weighted by atomic mass is 16.7. The number of fused-ring (bicyclic) bond motifs is 1. The normalized spacial score (nSPS) is 16.1. The molecule has 7 heteroatoms. The molecule has 1 amide bonds. The van der Waals surface area contributed by atoms with E-state index < -0.39 is 0 Å². The minimum absolute atomic E-state index is 0.0957. The van der Waals surface area contributed by atoms with Crippen LogP contribution in [0.3, 0.4) is 0 Å². The summed E-state index contributed by atoms with van der Waals surface area (Å²) in [6.45, 7) is 6.44. The Morgan fingerprint density at radius 1 is 1.06 bits per heavy atom. The summed E-state index contributed by atoms with van der Waals surface area (Å²) in [5.41, 5.74) is 4.40. The molecule has 7 nitrogen and oxygen atoms in total. The Kier molecular flexibility index (Phi) is 6.59. The van der Waals surface area contributed by atoms with Crippen LogP contribution in [0.25, 0.3) is 0 Å². The number of carbonyl (C=O) groups excluding carboxylic acids is 1. The summed E-state index contributed by atoms with van der Waals surface area (Å²) < 4.78 is 22.8. The van der Waals surface area contributed by atoms with Crippen LogP contribution in [0, 0.1) is 13.8 Å². The van der Waals surface area contributed by atoms with Gasteiger partial charge < -0.3 is 24.3 Å². The van der Waals surface area contributed by atoms with Gasteiger partial charge in [-0.25, -0.2) is 0 Å². The Hall–Kier alpha value is -3.58. The first-order chi connectivity index (χ1) is 17.0. The van der Waals surface area contributed by atoms with E-state index >= 15 is 0 Å². The summed E-state index contributed by atoms with van der Waals surface area (Å²) in [7, 11) is 0. The quantitative estimate of drug-likeness (QED) is 0.544. The molecule has 5 rings (SSSR count). The van der Waals surface area contributed by atoms with Crippen LogP contribution in [0.2, 0.25) is 0 Å². The van der Waals surface area contributed by atoms with Crippen molar-refractivity contribution in [3.05, 3.63) is 82.7 Å². The largest absolute Gasteiger partial charge is 0.488 e. The van der Waals surface area contributed by atoms with Crippen molar-refractivity contribution in [1.82, 2.24) is 10.3 Å². The van der Waals surface area contributed by atoms with Gasteiger partial charge >= 0.3 is 0 Å². The highest BCUT2D eigenvalue weighted by Crippen LogP contribution is 2.40. The second kappa shape index (κ2) is 9.96. The number of nitrogens with zero attached hydrogens (tertiary/aromatic N) is 1. The lowest BCUT2D eigenvalue weighted by Gasteiger charge is -2.38. The van der Waals surface area contributed by atoms with Crippen molar-refractivity contribution in [3.8, 4) is 17.2 Å². The summed E-state index contributed by atoms with van der Waals surface area (Å²) in [4.78, 5) is 17.3. The van der Waals surface area contributed by atoms with Crippen LogP contribution in [0.5, 0.6) is 17.2 Å². The third-order valence-corrected chi connectivity index (χ3v) is 6.85. The van der Waals surface area contributed by atoms with Crippen molar-refractivity contribution >= 4 is 5.91 Å². The van der Waals surface area contributed by atoms with E-state index in [1.807, 2.05) is 50.2 Å². The van der Waals surface area contributed by atoms with E-state index in [1.54, 1.807) is 12.4 Å². The fraction of sp³-hybridized carbons (Fsp3) is 0.357. The molecular weight excluding hydrogens is 444 g/mol. The maximum atomic E-state index is 13.2. The maximum absolute atomic E-state index is 13.2. The predicted molar refractivity (Wildman–Crippen MR) is 131 cm³/mol. The number of amides is 1. The molecule has 3 aromatic rings. The number of pyridine rings is 1. The fourth-order valence-corrected chi connectivity index (χ4v) is 4.86. The molecule has 35 heavy (non-hydrogen) atoms. The van der Waals surface area contributed by atoms with Crippen molar-refractivity contribution in [1.29, 1.82) is 0 Å². The van der Waals surface area contributed by atoms with Crippen LogP contribution >= 0.6 is 0 Å². The lowest BCUT2D eigenvalue weighted by Crippen LogP contribution is -2.44. The molecule has 2 aliphatic heterocycles. The number of nitrogens with one attached hydrogen (secondary N) is 1. The minimum atomic E-state index is -0.217. The number of ether oxygens (including phenoxy) is 4. The third kappa shape index (κ3) is 4.95. The molecule has 0 unspecified atom stereocenters. The van der Waals surface area contributed by atoms with Crippen LogP contribution in [0.15, 0.2) is 54.9 Å². The highest BCUT2D eigenvalue weighted by Gasteiger charge is 2.36. The molecular formula is C28H30N2O5. The van der Waals surface area contributed by atoms with Gasteiger partial charge in [-0.2, -0.15) is 0 Å². The highest BCUT2D eigenvalue weighted by molar-refractivity contribution is 5.95. The molecule has 0 spiro atoms. The van der Waals surface area contributed by atoms with E-state index in [-0.39, 0.29) is 18.1 Å². The van der Waals surface area contributed by atoms with Crippen molar-refractivity contribution in [3.63, 3.8) is 0 Å². The number of rotatable bonds is 7. The number of hydrogen-bond donors (Lipinski definition) is 1. The summed E-state index contributed by atoms with van der Waals surface area (Å²) >= 11 is 0. The van der Waals surface area contributed by atoms with Crippen molar-refractivity contribution in [2.24, 2.45) is 0 Å². The Labute approximate surface area is 205 Å². The zero-order valence-corrected chi connectivity index (χ0v) is 20.1. The molecule has 3 heterocycles. The van der Waals surface area contributed by atoms with Gasteiger partial charge in [0, 0.05) is 48.7 Å².